The number of nitrogens with zero attached hydrogens (tertiary/aromatic N) is 2. The van der Waals surface area contributed by atoms with Crippen molar-refractivity contribution in [3.63, 3.8) is 0 Å². The molecule has 0 spiro atoms. The van der Waals surface area contributed by atoms with Crippen molar-refractivity contribution in [2.75, 3.05) is 9.80 Å². The summed E-state index contributed by atoms with van der Waals surface area (Å²) in [4.78, 5) is 5.16. The van der Waals surface area contributed by atoms with E-state index < -0.39 is 0 Å². The molecule has 84 heavy (non-hydrogen) atoms. The Morgan fingerprint density at radius 2 is 0.536 bits per heavy atom. The Bertz CT molecular complexity index is 4380. The van der Waals surface area contributed by atoms with E-state index in [0.29, 0.717) is 0 Å². The third kappa shape index (κ3) is 7.62. The summed E-state index contributed by atoms with van der Waals surface area (Å²) in [5.74, 6) is 0. The molecule has 0 aromatic heterocycles. The van der Waals surface area contributed by atoms with Crippen LogP contribution in [0.15, 0.2) is 291 Å². The molecular formula is C78H60B4N2. The highest BCUT2D eigenvalue weighted by atomic mass is 15.2. The van der Waals surface area contributed by atoms with E-state index in [1.165, 1.54) is 122 Å². The van der Waals surface area contributed by atoms with Gasteiger partial charge in [-0.05, 0) is 70.3 Å². The second-order valence-corrected chi connectivity index (χ2v) is 24.6. The van der Waals surface area contributed by atoms with E-state index in [-0.39, 0.29) is 37.7 Å². The number of hydrogen-bond acceptors (Lipinski definition) is 2. The summed E-state index contributed by atoms with van der Waals surface area (Å²) in [5.41, 5.74) is 30.3. The second kappa shape index (κ2) is 19.6. The summed E-state index contributed by atoms with van der Waals surface area (Å²) in [6, 6.07) is 111. The Labute approximate surface area is 496 Å². The van der Waals surface area contributed by atoms with Crippen molar-refractivity contribution < 1.29 is 0 Å². The van der Waals surface area contributed by atoms with Crippen LogP contribution in [0, 0.1) is 0 Å². The third-order valence-electron chi connectivity index (χ3n) is 19.5. The normalized spacial score (nSPS) is 14.7. The van der Waals surface area contributed by atoms with Gasteiger partial charge in [-0.15, -0.1) is 0 Å². The molecule has 0 bridgehead atoms. The van der Waals surface area contributed by atoms with Gasteiger partial charge in [-0.1, -0.05) is 342 Å². The lowest BCUT2D eigenvalue weighted by Crippen LogP contribution is -2.75. The van der Waals surface area contributed by atoms with Crippen LogP contribution in [0.4, 0.5) is 34.1 Å². The van der Waals surface area contributed by atoms with Crippen molar-refractivity contribution in [1.29, 1.82) is 0 Å². The fourth-order valence-corrected chi connectivity index (χ4v) is 15.7. The zero-order valence-corrected chi connectivity index (χ0v) is 47.9. The standard InChI is InChI=1S/C78H60B4N2/c1-77(2)59-31-11-23-43-72(59)83(73-44-24-12-32-60(73)77)56-48-50-57(71(52-56)82-69-41-21-19-39-67(69)80(54-29-9-6-10-30-54)68-40-20-22-42-70(68)82)58-49-47-55(51-76(58)84-74-45-25-13-33-61(74)78(3,4)62-34-14-26-46-75(62)84)81-65-37-17-15-35-63(65)79(53-27-7-5-8-28-53)64-36-16-18-38-66(64)81/h5-52H,1-4H3. The van der Waals surface area contributed by atoms with Gasteiger partial charge in [0.15, 0.2) is 0 Å². The Morgan fingerprint density at radius 3 is 0.929 bits per heavy atom. The van der Waals surface area contributed by atoms with Crippen LogP contribution in [0.1, 0.15) is 49.9 Å². The molecule has 0 N–H and O–H groups in total. The van der Waals surface area contributed by atoms with Crippen molar-refractivity contribution in [2.24, 2.45) is 0 Å². The van der Waals surface area contributed by atoms with E-state index >= 15 is 0 Å². The SMILES string of the molecule is CC1(C)c2ccccc2N(c2ccc(-c3ccc(B4c5ccccc5B(c5ccccc5)c5ccccc54)cc3N3c4ccccc4C(C)(C)c4ccccc43)c(B3c4ccccc4B(c4ccccc4)c4ccccc43)c2)c2ccccc21. The number of anilines is 6. The van der Waals surface area contributed by atoms with Crippen LogP contribution in [-0.4, -0.2) is 26.9 Å². The molecule has 4 heterocycles. The molecule has 0 atom stereocenters. The van der Waals surface area contributed by atoms with Crippen LogP contribution < -0.4 is 75.4 Å². The lowest BCUT2D eigenvalue weighted by atomic mass is 9.21. The van der Waals surface area contributed by atoms with E-state index in [1.54, 1.807) is 0 Å². The van der Waals surface area contributed by atoms with Crippen LogP contribution in [0.25, 0.3) is 11.1 Å². The number of rotatable bonds is 7. The second-order valence-electron chi connectivity index (χ2n) is 24.6. The van der Waals surface area contributed by atoms with Crippen molar-refractivity contribution in [1.82, 2.24) is 0 Å². The molecular weight excluding hydrogens is 1010 g/mol. The van der Waals surface area contributed by atoms with Crippen LogP contribution >= 0.6 is 0 Å². The zero-order valence-electron chi connectivity index (χ0n) is 47.9. The van der Waals surface area contributed by atoms with Crippen LogP contribution in [0.5, 0.6) is 0 Å². The number of para-hydroxylation sites is 4. The molecule has 12 aromatic carbocycles. The average Bonchev–Trinajstić information content (AvgIpc) is 0.980. The van der Waals surface area contributed by atoms with Crippen molar-refractivity contribution in [2.45, 2.75) is 38.5 Å². The lowest BCUT2D eigenvalue weighted by Gasteiger charge is -2.43. The Balaban J connectivity index is 0.997. The van der Waals surface area contributed by atoms with Gasteiger partial charge < -0.3 is 9.80 Å². The van der Waals surface area contributed by atoms with Gasteiger partial charge in [0.25, 0.3) is 0 Å². The summed E-state index contributed by atoms with van der Waals surface area (Å²) < 4.78 is 0. The summed E-state index contributed by atoms with van der Waals surface area (Å²) in [6.45, 7) is 9.61. The van der Waals surface area contributed by atoms with Gasteiger partial charge in [0.1, 0.15) is 0 Å². The van der Waals surface area contributed by atoms with E-state index in [1.807, 2.05) is 0 Å². The van der Waals surface area contributed by atoms with Crippen LogP contribution in [0.2, 0.25) is 0 Å². The predicted molar refractivity (Wildman–Crippen MR) is 363 cm³/mol. The maximum absolute atomic E-state index is 2.62. The minimum Gasteiger partial charge on any atom is -0.310 e. The van der Waals surface area contributed by atoms with Gasteiger partial charge in [-0.25, -0.2) is 0 Å². The summed E-state index contributed by atoms with van der Waals surface area (Å²) in [7, 11) is 0. The molecule has 6 heteroatoms. The molecule has 0 amide bonds. The topological polar surface area (TPSA) is 6.48 Å². The Morgan fingerprint density at radius 1 is 0.226 bits per heavy atom. The number of benzene rings is 12. The van der Waals surface area contributed by atoms with E-state index in [4.69, 9.17) is 0 Å². The first-order chi connectivity index (χ1) is 41.3. The molecule has 0 saturated heterocycles. The number of hydrogen-bond donors (Lipinski definition) is 0. The molecule has 0 saturated carbocycles. The monoisotopic (exact) mass is 1070 g/mol. The smallest absolute Gasteiger partial charge is 0.240 e. The molecule has 4 aliphatic rings. The van der Waals surface area contributed by atoms with Crippen LogP contribution in [0.3, 0.4) is 0 Å². The van der Waals surface area contributed by atoms with Crippen LogP contribution in [-0.2, 0) is 10.8 Å². The molecule has 0 fully saturated rings. The minimum absolute atomic E-state index is 0.0192. The molecule has 4 aliphatic heterocycles. The molecule has 12 aromatic rings. The molecule has 0 aliphatic carbocycles. The van der Waals surface area contributed by atoms with Gasteiger partial charge in [0.2, 0.25) is 26.9 Å². The molecule has 394 valence electrons. The highest BCUT2D eigenvalue weighted by Gasteiger charge is 2.44. The molecule has 16 rings (SSSR count). The van der Waals surface area contributed by atoms with E-state index in [2.05, 4.69) is 329 Å². The predicted octanol–water partition coefficient (Wildman–Crippen LogP) is 10.3. The van der Waals surface area contributed by atoms with E-state index in [9.17, 15) is 0 Å². The van der Waals surface area contributed by atoms with Crippen molar-refractivity contribution in [3.05, 3.63) is 313 Å². The first kappa shape index (κ1) is 50.2. The quantitative estimate of drug-likeness (QED) is 0.147. The minimum atomic E-state index is -0.248. The Hall–Kier alpha value is -9.50. The molecule has 0 unspecified atom stereocenters. The van der Waals surface area contributed by atoms with Crippen molar-refractivity contribution in [3.8, 4) is 11.1 Å². The first-order valence-electron chi connectivity index (χ1n) is 30.0. The molecule has 0 radical (unpaired) electrons. The van der Waals surface area contributed by atoms with Gasteiger partial charge in [-0.2, -0.15) is 0 Å². The summed E-state index contributed by atoms with van der Waals surface area (Å²) in [6.07, 6.45) is 0. The average molecular weight is 1070 g/mol. The van der Waals surface area contributed by atoms with Gasteiger partial charge in [-0.3, -0.25) is 0 Å². The maximum Gasteiger partial charge on any atom is 0.240 e. The maximum atomic E-state index is 2.62. The summed E-state index contributed by atoms with van der Waals surface area (Å²) >= 11 is 0. The highest BCUT2D eigenvalue weighted by molar-refractivity contribution is 7.12. The molecule has 2 nitrogen and oxygen atoms in total. The van der Waals surface area contributed by atoms with Crippen molar-refractivity contribution >= 4 is 127 Å². The Kier molecular flexibility index (Phi) is 11.7. The third-order valence-corrected chi connectivity index (χ3v) is 19.5. The fourth-order valence-electron chi connectivity index (χ4n) is 15.7. The fraction of sp³-hybridized carbons (Fsp3) is 0.0769. The van der Waals surface area contributed by atoms with Gasteiger partial charge in [0.05, 0.1) is 28.4 Å². The highest BCUT2D eigenvalue weighted by Crippen LogP contribution is 2.54. The summed E-state index contributed by atoms with van der Waals surface area (Å²) in [5, 5.41) is 0. The first-order valence-corrected chi connectivity index (χ1v) is 30.0. The van der Waals surface area contributed by atoms with Gasteiger partial charge >= 0.3 is 0 Å². The zero-order chi connectivity index (χ0) is 56.3. The number of fused-ring (bicyclic) bond motifs is 8. The largest absolute Gasteiger partial charge is 0.310 e. The lowest BCUT2D eigenvalue weighted by molar-refractivity contribution is 0.632. The van der Waals surface area contributed by atoms with E-state index in [0.717, 1.165) is 11.4 Å². The van der Waals surface area contributed by atoms with Gasteiger partial charge in [0, 0.05) is 22.1 Å².